The number of hydrogen-bond donors (Lipinski definition) is 1. The predicted octanol–water partition coefficient (Wildman–Crippen LogP) is 1.47. The van der Waals surface area contributed by atoms with Crippen LogP contribution in [0.2, 0.25) is 0 Å². The third kappa shape index (κ3) is 2.30. The summed E-state index contributed by atoms with van der Waals surface area (Å²) < 4.78 is 15.2. The van der Waals surface area contributed by atoms with Gasteiger partial charge in [-0.15, -0.1) is 5.10 Å². The summed E-state index contributed by atoms with van der Waals surface area (Å²) >= 11 is 0. The molecule has 0 saturated heterocycles. The first-order chi connectivity index (χ1) is 9.26. The van der Waals surface area contributed by atoms with E-state index in [4.69, 9.17) is 5.73 Å². The lowest BCUT2D eigenvalue weighted by atomic mass is 10.1. The molecule has 0 atom stereocenters. The van der Waals surface area contributed by atoms with Gasteiger partial charge in [-0.3, -0.25) is 4.98 Å². The van der Waals surface area contributed by atoms with Gasteiger partial charge in [0.1, 0.15) is 5.82 Å². The molecule has 0 radical (unpaired) electrons. The monoisotopic (exact) mass is 257 g/mol. The summed E-state index contributed by atoms with van der Waals surface area (Å²) in [4.78, 5) is 4.29. The van der Waals surface area contributed by atoms with E-state index in [0.29, 0.717) is 18.8 Å². The summed E-state index contributed by atoms with van der Waals surface area (Å²) in [5.41, 5.74) is 7.73. The average molecular weight is 257 g/mol. The van der Waals surface area contributed by atoms with E-state index < -0.39 is 0 Å². The summed E-state index contributed by atoms with van der Waals surface area (Å²) in [7, 11) is 0. The van der Waals surface area contributed by atoms with Crippen molar-refractivity contribution in [2.24, 2.45) is 5.73 Å². The molecule has 0 amide bonds. The fourth-order valence-electron chi connectivity index (χ4n) is 2.03. The molecule has 6 heteroatoms. The van der Waals surface area contributed by atoms with Gasteiger partial charge in [0.2, 0.25) is 0 Å². The number of pyridine rings is 1. The van der Waals surface area contributed by atoms with Gasteiger partial charge in [-0.1, -0.05) is 11.3 Å². The molecule has 0 saturated carbocycles. The Kier molecular flexibility index (Phi) is 2.92. The van der Waals surface area contributed by atoms with Gasteiger partial charge in [0, 0.05) is 23.7 Å². The minimum absolute atomic E-state index is 0.283. The van der Waals surface area contributed by atoms with E-state index >= 15 is 0 Å². The van der Waals surface area contributed by atoms with Gasteiger partial charge in [-0.2, -0.15) is 0 Å². The van der Waals surface area contributed by atoms with Gasteiger partial charge in [0.25, 0.3) is 0 Å². The highest BCUT2D eigenvalue weighted by Gasteiger charge is 2.07. The molecule has 0 bridgehead atoms. The van der Waals surface area contributed by atoms with Crippen LogP contribution in [0.25, 0.3) is 10.9 Å². The Morgan fingerprint density at radius 3 is 3.00 bits per heavy atom. The summed E-state index contributed by atoms with van der Waals surface area (Å²) in [6.07, 6.45) is 3.44. The van der Waals surface area contributed by atoms with E-state index in [9.17, 15) is 4.39 Å². The fraction of sp³-hybridized carbons (Fsp3) is 0.154. The largest absolute Gasteiger partial charge is 0.325 e. The summed E-state index contributed by atoms with van der Waals surface area (Å²) in [6, 6.07) is 6.56. The second kappa shape index (κ2) is 4.74. The number of rotatable bonds is 3. The molecule has 0 unspecified atom stereocenters. The smallest absolute Gasteiger partial charge is 0.124 e. The normalized spacial score (nSPS) is 11.1. The van der Waals surface area contributed by atoms with Crippen LogP contribution in [-0.4, -0.2) is 20.0 Å². The van der Waals surface area contributed by atoms with E-state index in [1.54, 1.807) is 23.1 Å². The number of nitrogens with two attached hydrogens (primary N) is 1. The highest BCUT2D eigenvalue weighted by atomic mass is 19.1. The lowest BCUT2D eigenvalue weighted by molar-refractivity contribution is 0.617. The third-order valence-electron chi connectivity index (χ3n) is 2.88. The van der Waals surface area contributed by atoms with E-state index in [2.05, 4.69) is 15.3 Å². The van der Waals surface area contributed by atoms with Crippen LogP contribution in [0, 0.1) is 5.82 Å². The quantitative estimate of drug-likeness (QED) is 0.771. The number of benzene rings is 1. The van der Waals surface area contributed by atoms with Crippen molar-refractivity contribution in [2.75, 3.05) is 0 Å². The van der Waals surface area contributed by atoms with Crippen LogP contribution >= 0.6 is 0 Å². The van der Waals surface area contributed by atoms with E-state index in [-0.39, 0.29) is 5.82 Å². The van der Waals surface area contributed by atoms with Crippen molar-refractivity contribution in [2.45, 2.75) is 13.1 Å². The molecule has 1 aromatic carbocycles. The van der Waals surface area contributed by atoms with Crippen molar-refractivity contribution in [3.8, 4) is 0 Å². The number of halogens is 1. The Labute approximate surface area is 108 Å². The van der Waals surface area contributed by atoms with Gasteiger partial charge >= 0.3 is 0 Å². The SMILES string of the molecule is NCc1cn(Cc2cc(F)cc3cccnc23)nn1. The first-order valence-electron chi connectivity index (χ1n) is 5.88. The minimum Gasteiger partial charge on any atom is -0.325 e. The van der Waals surface area contributed by atoms with Crippen molar-refractivity contribution in [1.82, 2.24) is 20.0 Å². The second-order valence-corrected chi connectivity index (χ2v) is 4.25. The maximum absolute atomic E-state index is 13.6. The minimum atomic E-state index is -0.283. The second-order valence-electron chi connectivity index (χ2n) is 4.25. The molecule has 0 aliphatic carbocycles. The average Bonchev–Trinajstić information content (AvgIpc) is 2.86. The summed E-state index contributed by atoms with van der Waals surface area (Å²) in [6.45, 7) is 0.750. The molecule has 2 N–H and O–H groups in total. The third-order valence-corrected chi connectivity index (χ3v) is 2.88. The number of fused-ring (bicyclic) bond motifs is 1. The number of aromatic nitrogens is 4. The zero-order valence-corrected chi connectivity index (χ0v) is 10.1. The molecular formula is C13H12FN5. The zero-order valence-electron chi connectivity index (χ0n) is 10.1. The van der Waals surface area contributed by atoms with Crippen LogP contribution in [0.15, 0.2) is 36.7 Å². The van der Waals surface area contributed by atoms with Crippen molar-refractivity contribution < 1.29 is 4.39 Å². The molecule has 3 aromatic rings. The molecule has 0 aliphatic heterocycles. The maximum Gasteiger partial charge on any atom is 0.124 e. The van der Waals surface area contributed by atoms with Crippen LogP contribution in [0.1, 0.15) is 11.3 Å². The molecule has 96 valence electrons. The maximum atomic E-state index is 13.6. The molecule has 0 fully saturated rings. The number of hydrogen-bond acceptors (Lipinski definition) is 4. The molecule has 3 rings (SSSR count). The van der Waals surface area contributed by atoms with Crippen LogP contribution < -0.4 is 5.73 Å². The molecule has 0 aliphatic rings. The Balaban J connectivity index is 2.04. The molecule has 2 heterocycles. The standard InChI is InChI=1S/C13H12FN5/c14-11-4-9-2-1-3-16-13(9)10(5-11)7-19-8-12(6-15)17-18-19/h1-5,8H,6-7,15H2. The lowest BCUT2D eigenvalue weighted by Crippen LogP contribution is -2.02. The van der Waals surface area contributed by atoms with Crippen LogP contribution in [0.4, 0.5) is 4.39 Å². The lowest BCUT2D eigenvalue weighted by Gasteiger charge is -2.05. The zero-order chi connectivity index (χ0) is 13.2. The first-order valence-corrected chi connectivity index (χ1v) is 5.88. The molecule has 19 heavy (non-hydrogen) atoms. The highest BCUT2D eigenvalue weighted by molar-refractivity contribution is 5.81. The van der Waals surface area contributed by atoms with Gasteiger partial charge < -0.3 is 5.73 Å². The summed E-state index contributed by atoms with van der Waals surface area (Å²) in [5.74, 6) is -0.283. The van der Waals surface area contributed by atoms with E-state index in [1.165, 1.54) is 12.1 Å². The Morgan fingerprint density at radius 1 is 1.32 bits per heavy atom. The van der Waals surface area contributed by atoms with E-state index in [1.807, 2.05) is 6.07 Å². The molecule has 2 aromatic heterocycles. The molecule has 5 nitrogen and oxygen atoms in total. The van der Waals surface area contributed by atoms with Crippen LogP contribution in [0.5, 0.6) is 0 Å². The number of nitrogens with zero attached hydrogens (tertiary/aromatic N) is 4. The van der Waals surface area contributed by atoms with Crippen molar-refractivity contribution >= 4 is 10.9 Å². The van der Waals surface area contributed by atoms with Gasteiger partial charge in [-0.25, -0.2) is 9.07 Å². The Morgan fingerprint density at radius 2 is 2.21 bits per heavy atom. The van der Waals surface area contributed by atoms with Gasteiger partial charge in [0.15, 0.2) is 0 Å². The first kappa shape index (κ1) is 11.7. The van der Waals surface area contributed by atoms with Gasteiger partial charge in [-0.05, 0) is 18.2 Å². The Bertz CT molecular complexity index is 722. The van der Waals surface area contributed by atoms with E-state index in [0.717, 1.165) is 16.5 Å². The Hall–Kier alpha value is -2.34. The van der Waals surface area contributed by atoms with Crippen molar-refractivity contribution in [1.29, 1.82) is 0 Å². The predicted molar refractivity (Wildman–Crippen MR) is 68.7 cm³/mol. The van der Waals surface area contributed by atoms with Crippen molar-refractivity contribution in [3.63, 3.8) is 0 Å². The summed E-state index contributed by atoms with van der Waals surface area (Å²) in [5, 5.41) is 8.64. The fourth-order valence-corrected chi connectivity index (χ4v) is 2.03. The van der Waals surface area contributed by atoms with Crippen LogP contribution in [-0.2, 0) is 13.1 Å². The molecular weight excluding hydrogens is 245 g/mol. The molecule has 0 spiro atoms. The van der Waals surface area contributed by atoms with Gasteiger partial charge in [0.05, 0.1) is 24.0 Å². The van der Waals surface area contributed by atoms with Crippen LogP contribution in [0.3, 0.4) is 0 Å². The highest BCUT2D eigenvalue weighted by Crippen LogP contribution is 2.19. The topological polar surface area (TPSA) is 69.6 Å². The van der Waals surface area contributed by atoms with Crippen molar-refractivity contribution in [3.05, 3.63) is 53.7 Å².